The number of benzene rings is 1. The van der Waals surface area contributed by atoms with Crippen molar-refractivity contribution in [3.05, 3.63) is 28.6 Å². The molecule has 0 saturated carbocycles. The van der Waals surface area contributed by atoms with Crippen LogP contribution in [-0.2, 0) is 0 Å². The molecule has 92 valence electrons. The van der Waals surface area contributed by atoms with Gasteiger partial charge in [0.1, 0.15) is 23.3 Å². The number of nitriles is 2. The van der Waals surface area contributed by atoms with Crippen molar-refractivity contribution >= 4 is 5.69 Å². The topological polar surface area (TPSA) is 50.8 Å². The molecule has 0 aromatic heterocycles. The Hall–Kier alpha value is -2.21. The van der Waals surface area contributed by atoms with Crippen LogP contribution >= 0.6 is 0 Å². The molecule has 3 nitrogen and oxygen atoms in total. The molecule has 0 N–H and O–H groups in total. The monoisotopic (exact) mass is 251 g/mol. The van der Waals surface area contributed by atoms with Crippen LogP contribution in [-0.4, -0.2) is 13.1 Å². The molecule has 0 bridgehead atoms. The molecule has 1 aromatic rings. The van der Waals surface area contributed by atoms with Crippen LogP contribution in [0, 0.1) is 40.1 Å². The summed E-state index contributed by atoms with van der Waals surface area (Å²) in [4.78, 5) is 1.47. The van der Waals surface area contributed by atoms with Crippen LogP contribution in [0.15, 0.2) is 0 Å². The first-order chi connectivity index (χ1) is 8.61. The second-order valence-corrected chi connectivity index (χ2v) is 3.96. The van der Waals surface area contributed by atoms with E-state index in [4.69, 9.17) is 10.5 Å². The average Bonchev–Trinajstić information content (AvgIpc) is 2.87. The van der Waals surface area contributed by atoms with Gasteiger partial charge in [0.25, 0.3) is 0 Å². The Morgan fingerprint density at radius 1 is 0.833 bits per heavy atom. The molecule has 0 spiro atoms. The van der Waals surface area contributed by atoms with Gasteiger partial charge in [0.05, 0.1) is 5.69 Å². The molecule has 1 aromatic carbocycles. The van der Waals surface area contributed by atoms with Gasteiger partial charge in [-0.05, 0) is 12.8 Å². The van der Waals surface area contributed by atoms with Gasteiger partial charge in [-0.3, -0.25) is 0 Å². The summed E-state index contributed by atoms with van der Waals surface area (Å²) in [5.74, 6) is -4.22. The molecule has 0 radical (unpaired) electrons. The van der Waals surface area contributed by atoms with Gasteiger partial charge < -0.3 is 4.90 Å². The Labute approximate surface area is 102 Å². The number of rotatable bonds is 1. The first kappa shape index (κ1) is 12.3. The summed E-state index contributed by atoms with van der Waals surface area (Å²) in [5, 5.41) is 17.5. The molecule has 6 heteroatoms. The number of nitrogens with zero attached hydrogens (tertiary/aromatic N) is 3. The van der Waals surface area contributed by atoms with Crippen LogP contribution in [0.1, 0.15) is 24.0 Å². The highest BCUT2D eigenvalue weighted by Crippen LogP contribution is 2.33. The predicted molar refractivity (Wildman–Crippen MR) is 57.2 cm³/mol. The fourth-order valence-electron chi connectivity index (χ4n) is 2.09. The highest BCUT2D eigenvalue weighted by atomic mass is 19.2. The third-order valence-electron chi connectivity index (χ3n) is 2.94. The summed E-state index contributed by atoms with van der Waals surface area (Å²) < 4.78 is 41.0. The summed E-state index contributed by atoms with van der Waals surface area (Å²) in [5.41, 5.74) is -1.95. The van der Waals surface area contributed by atoms with Crippen molar-refractivity contribution < 1.29 is 13.2 Å². The smallest absolute Gasteiger partial charge is 0.181 e. The Morgan fingerprint density at radius 3 is 1.83 bits per heavy atom. The van der Waals surface area contributed by atoms with Crippen molar-refractivity contribution in [1.29, 1.82) is 10.5 Å². The lowest BCUT2D eigenvalue weighted by molar-refractivity contribution is 0.488. The molecule has 1 heterocycles. The maximum absolute atomic E-state index is 14.0. The first-order valence-electron chi connectivity index (χ1n) is 5.37. The third kappa shape index (κ3) is 1.67. The molecule has 2 rings (SSSR count). The van der Waals surface area contributed by atoms with E-state index < -0.39 is 28.6 Å². The molecule has 0 amide bonds. The highest BCUT2D eigenvalue weighted by molar-refractivity contribution is 5.65. The van der Waals surface area contributed by atoms with Gasteiger partial charge in [0.15, 0.2) is 17.5 Å². The molecule has 18 heavy (non-hydrogen) atoms. The largest absolute Gasteiger partial charge is 0.368 e. The van der Waals surface area contributed by atoms with Crippen LogP contribution in [0.5, 0.6) is 0 Å². The van der Waals surface area contributed by atoms with Crippen molar-refractivity contribution in [2.75, 3.05) is 18.0 Å². The second kappa shape index (κ2) is 4.58. The molecule has 0 unspecified atom stereocenters. The lowest BCUT2D eigenvalue weighted by Gasteiger charge is -2.20. The van der Waals surface area contributed by atoms with Crippen LogP contribution < -0.4 is 4.90 Å². The number of hydrogen-bond donors (Lipinski definition) is 0. The Balaban J connectivity index is 2.74. The van der Waals surface area contributed by atoms with E-state index >= 15 is 0 Å². The maximum Gasteiger partial charge on any atom is 0.181 e. The van der Waals surface area contributed by atoms with Crippen molar-refractivity contribution in [3.63, 3.8) is 0 Å². The van der Waals surface area contributed by atoms with Crippen molar-refractivity contribution in [2.24, 2.45) is 0 Å². The van der Waals surface area contributed by atoms with E-state index in [2.05, 4.69) is 0 Å². The van der Waals surface area contributed by atoms with E-state index in [1.165, 1.54) is 17.0 Å². The lowest BCUT2D eigenvalue weighted by atomic mass is 10.1. The quantitative estimate of drug-likeness (QED) is 0.720. The van der Waals surface area contributed by atoms with Gasteiger partial charge >= 0.3 is 0 Å². The zero-order chi connectivity index (χ0) is 13.3. The van der Waals surface area contributed by atoms with E-state index in [0.29, 0.717) is 13.1 Å². The summed E-state index contributed by atoms with van der Waals surface area (Å²) >= 11 is 0. The third-order valence-corrected chi connectivity index (χ3v) is 2.94. The minimum absolute atomic E-state index is 0.301. The van der Waals surface area contributed by atoms with E-state index in [-0.39, 0.29) is 5.69 Å². The molecular weight excluding hydrogens is 243 g/mol. The van der Waals surface area contributed by atoms with Crippen LogP contribution in [0.25, 0.3) is 0 Å². The van der Waals surface area contributed by atoms with Crippen molar-refractivity contribution in [2.45, 2.75) is 12.8 Å². The second-order valence-electron chi connectivity index (χ2n) is 3.96. The zero-order valence-electron chi connectivity index (χ0n) is 9.30. The fourth-order valence-corrected chi connectivity index (χ4v) is 2.09. The van der Waals surface area contributed by atoms with Gasteiger partial charge in [0.2, 0.25) is 0 Å². The summed E-state index contributed by atoms with van der Waals surface area (Å²) in [7, 11) is 0. The summed E-state index contributed by atoms with van der Waals surface area (Å²) in [6, 6.07) is 2.76. The normalized spacial score (nSPS) is 14.4. The summed E-state index contributed by atoms with van der Waals surface area (Å²) in [6.45, 7) is 0.920. The average molecular weight is 251 g/mol. The van der Waals surface area contributed by atoms with Gasteiger partial charge in [-0.25, -0.2) is 13.2 Å². The van der Waals surface area contributed by atoms with Crippen LogP contribution in [0.4, 0.5) is 18.9 Å². The van der Waals surface area contributed by atoms with Gasteiger partial charge in [0, 0.05) is 13.1 Å². The molecule has 1 aliphatic rings. The Morgan fingerprint density at radius 2 is 1.33 bits per heavy atom. The molecule has 1 fully saturated rings. The summed E-state index contributed by atoms with van der Waals surface area (Å²) in [6.07, 6.45) is 1.57. The zero-order valence-corrected chi connectivity index (χ0v) is 9.30. The van der Waals surface area contributed by atoms with Crippen molar-refractivity contribution in [1.82, 2.24) is 0 Å². The molecular formula is C12H8F3N3. The first-order valence-corrected chi connectivity index (χ1v) is 5.37. The maximum atomic E-state index is 14.0. The van der Waals surface area contributed by atoms with Crippen LogP contribution in [0.2, 0.25) is 0 Å². The minimum Gasteiger partial charge on any atom is -0.368 e. The predicted octanol–water partition coefficient (Wildman–Crippen LogP) is 2.45. The Bertz CT molecular complexity index is 578. The molecule has 1 aliphatic heterocycles. The van der Waals surface area contributed by atoms with E-state index in [9.17, 15) is 13.2 Å². The lowest BCUT2D eigenvalue weighted by Crippen LogP contribution is -2.22. The van der Waals surface area contributed by atoms with Crippen LogP contribution in [0.3, 0.4) is 0 Å². The van der Waals surface area contributed by atoms with Crippen molar-refractivity contribution in [3.8, 4) is 12.1 Å². The SMILES string of the molecule is N#Cc1c(F)c(F)c(C#N)c(N2CCCC2)c1F. The van der Waals surface area contributed by atoms with E-state index in [1.807, 2.05) is 0 Å². The van der Waals surface area contributed by atoms with Gasteiger partial charge in [-0.15, -0.1) is 0 Å². The number of hydrogen-bond acceptors (Lipinski definition) is 3. The fraction of sp³-hybridized carbons (Fsp3) is 0.333. The van der Waals surface area contributed by atoms with Gasteiger partial charge in [-0.1, -0.05) is 0 Å². The van der Waals surface area contributed by atoms with E-state index in [0.717, 1.165) is 12.8 Å². The highest BCUT2D eigenvalue weighted by Gasteiger charge is 2.29. The number of halogens is 3. The number of anilines is 1. The molecule has 0 atom stereocenters. The minimum atomic E-state index is -1.60. The van der Waals surface area contributed by atoms with E-state index in [1.54, 1.807) is 0 Å². The molecule has 1 saturated heterocycles. The standard InChI is InChI=1S/C12H8F3N3/c13-9-7(5-16)11(15)12(8(6-17)10(9)14)18-3-1-2-4-18/h1-4H2. The Kier molecular flexibility index (Phi) is 3.12. The molecule has 0 aliphatic carbocycles. The van der Waals surface area contributed by atoms with Gasteiger partial charge in [-0.2, -0.15) is 10.5 Å².